The van der Waals surface area contributed by atoms with Gasteiger partial charge >= 0.3 is 5.97 Å². The van der Waals surface area contributed by atoms with E-state index in [4.69, 9.17) is 16.7 Å². The zero-order valence-electron chi connectivity index (χ0n) is 8.96. The first-order chi connectivity index (χ1) is 7.46. The van der Waals surface area contributed by atoms with Gasteiger partial charge in [0.1, 0.15) is 5.75 Å². The molecule has 1 aromatic carbocycles. The van der Waals surface area contributed by atoms with Crippen LogP contribution in [0.1, 0.15) is 30.4 Å². The summed E-state index contributed by atoms with van der Waals surface area (Å²) in [5.41, 5.74) is 1.12. The van der Waals surface area contributed by atoms with Crippen LogP contribution < -0.4 is 0 Å². The molecule has 0 unspecified atom stereocenters. The fourth-order valence-corrected chi connectivity index (χ4v) is 2.46. The number of phenolic OH excluding ortho intramolecular Hbond substituents is 1. The van der Waals surface area contributed by atoms with E-state index >= 15 is 0 Å². The van der Waals surface area contributed by atoms with Crippen molar-refractivity contribution < 1.29 is 15.0 Å². The van der Waals surface area contributed by atoms with E-state index in [1.165, 1.54) is 0 Å². The van der Waals surface area contributed by atoms with Gasteiger partial charge in [0, 0.05) is 5.41 Å². The molecule has 0 atom stereocenters. The van der Waals surface area contributed by atoms with Crippen LogP contribution in [0, 0.1) is 6.92 Å². The van der Waals surface area contributed by atoms with Crippen LogP contribution >= 0.6 is 11.6 Å². The summed E-state index contributed by atoms with van der Waals surface area (Å²) in [6, 6.07) is 3.60. The Kier molecular flexibility index (Phi) is 2.58. The number of halogens is 1. The molecule has 0 radical (unpaired) electrons. The molecule has 1 aromatic rings. The lowest BCUT2D eigenvalue weighted by Gasteiger charge is -2.16. The molecular weight excluding hydrogens is 228 g/mol. The molecule has 1 fully saturated rings. The number of carboxylic acids is 1. The molecule has 2 rings (SSSR count). The van der Waals surface area contributed by atoms with Gasteiger partial charge in [-0.3, -0.25) is 4.79 Å². The quantitative estimate of drug-likeness (QED) is 0.854. The Hall–Kier alpha value is -1.22. The van der Waals surface area contributed by atoms with Gasteiger partial charge in [-0.2, -0.15) is 0 Å². The number of benzene rings is 1. The Balaban J connectivity index is 2.42. The summed E-state index contributed by atoms with van der Waals surface area (Å²) in [6.07, 6.45) is 1.72. The van der Waals surface area contributed by atoms with Gasteiger partial charge in [0.05, 0.1) is 11.4 Å². The first kappa shape index (κ1) is 11.3. The summed E-state index contributed by atoms with van der Waals surface area (Å²) in [7, 11) is 0. The molecule has 3 nitrogen and oxygen atoms in total. The van der Waals surface area contributed by atoms with Crippen molar-refractivity contribution in [2.45, 2.75) is 31.6 Å². The van der Waals surface area contributed by atoms with E-state index in [0.29, 0.717) is 10.6 Å². The van der Waals surface area contributed by atoms with E-state index in [-0.39, 0.29) is 17.6 Å². The summed E-state index contributed by atoms with van der Waals surface area (Å²) in [5, 5.41) is 18.9. The smallest absolute Gasteiger partial charge is 0.304 e. The van der Waals surface area contributed by atoms with Crippen LogP contribution in [0.3, 0.4) is 0 Å². The first-order valence-corrected chi connectivity index (χ1v) is 5.54. The molecule has 1 aliphatic rings. The van der Waals surface area contributed by atoms with Crippen LogP contribution in [0.5, 0.6) is 5.75 Å². The predicted molar refractivity (Wildman–Crippen MR) is 61.0 cm³/mol. The molecular formula is C12H13ClO3. The number of hydrogen-bond donors (Lipinski definition) is 2. The Labute approximate surface area is 98.7 Å². The van der Waals surface area contributed by atoms with Crippen LogP contribution in [-0.2, 0) is 10.2 Å². The average molecular weight is 241 g/mol. The zero-order chi connectivity index (χ0) is 11.9. The largest absolute Gasteiger partial charge is 0.506 e. The van der Waals surface area contributed by atoms with E-state index in [1.54, 1.807) is 13.0 Å². The third-order valence-electron chi connectivity index (χ3n) is 3.23. The highest BCUT2D eigenvalue weighted by Crippen LogP contribution is 2.54. The first-order valence-electron chi connectivity index (χ1n) is 5.17. The van der Waals surface area contributed by atoms with Crippen molar-refractivity contribution in [2.24, 2.45) is 0 Å². The monoisotopic (exact) mass is 240 g/mol. The van der Waals surface area contributed by atoms with Gasteiger partial charge < -0.3 is 10.2 Å². The highest BCUT2D eigenvalue weighted by atomic mass is 35.5. The molecule has 2 N–H and O–H groups in total. The predicted octanol–water partition coefficient (Wildman–Crippen LogP) is 2.86. The molecule has 4 heteroatoms. The average Bonchev–Trinajstić information content (AvgIpc) is 2.94. The fraction of sp³-hybridized carbons (Fsp3) is 0.417. The number of aliphatic carboxylic acids is 1. The summed E-state index contributed by atoms with van der Waals surface area (Å²) >= 11 is 6.06. The maximum atomic E-state index is 10.8. The molecule has 16 heavy (non-hydrogen) atoms. The highest BCUT2D eigenvalue weighted by molar-refractivity contribution is 6.33. The third kappa shape index (κ3) is 1.76. The lowest BCUT2D eigenvalue weighted by atomic mass is 9.91. The molecule has 0 amide bonds. The number of hydrogen-bond acceptors (Lipinski definition) is 2. The van der Waals surface area contributed by atoms with Crippen LogP contribution in [-0.4, -0.2) is 16.2 Å². The van der Waals surface area contributed by atoms with E-state index < -0.39 is 5.97 Å². The fourth-order valence-electron chi connectivity index (χ4n) is 2.05. The summed E-state index contributed by atoms with van der Waals surface area (Å²) in [6.45, 7) is 1.77. The minimum atomic E-state index is -0.825. The Morgan fingerprint density at radius 1 is 1.50 bits per heavy atom. The molecule has 0 aromatic heterocycles. The van der Waals surface area contributed by atoms with Gasteiger partial charge in [-0.1, -0.05) is 23.7 Å². The number of phenols is 1. The molecule has 0 saturated heterocycles. The minimum absolute atomic E-state index is 0.0656. The van der Waals surface area contributed by atoms with Crippen LogP contribution in [0.4, 0.5) is 0 Å². The molecule has 0 aliphatic heterocycles. The minimum Gasteiger partial charge on any atom is -0.506 e. The highest BCUT2D eigenvalue weighted by Gasteiger charge is 2.47. The molecule has 0 spiro atoms. The third-order valence-corrected chi connectivity index (χ3v) is 3.62. The summed E-state index contributed by atoms with van der Waals surface area (Å²) < 4.78 is 0. The van der Waals surface area contributed by atoms with E-state index in [2.05, 4.69) is 0 Å². The number of carboxylic acid groups (broad SMARTS) is 1. The van der Waals surface area contributed by atoms with Gasteiger partial charge in [0.15, 0.2) is 0 Å². The molecule has 86 valence electrons. The van der Waals surface area contributed by atoms with Crippen molar-refractivity contribution in [2.75, 3.05) is 0 Å². The topological polar surface area (TPSA) is 57.5 Å². The second kappa shape index (κ2) is 3.67. The summed E-state index contributed by atoms with van der Waals surface area (Å²) in [5.74, 6) is -0.760. The number of aromatic hydroxyl groups is 1. The zero-order valence-corrected chi connectivity index (χ0v) is 9.71. The maximum absolute atomic E-state index is 10.8. The van der Waals surface area contributed by atoms with E-state index in [9.17, 15) is 9.90 Å². The normalized spacial score (nSPS) is 17.1. The lowest BCUT2D eigenvalue weighted by molar-refractivity contribution is -0.137. The molecule has 0 bridgehead atoms. The maximum Gasteiger partial charge on any atom is 0.304 e. The lowest BCUT2D eigenvalue weighted by Crippen LogP contribution is -2.13. The van der Waals surface area contributed by atoms with Gasteiger partial charge in [0.25, 0.3) is 0 Å². The van der Waals surface area contributed by atoms with Crippen molar-refractivity contribution in [1.82, 2.24) is 0 Å². The number of rotatable bonds is 3. The van der Waals surface area contributed by atoms with Crippen LogP contribution in [0.15, 0.2) is 12.1 Å². The standard InChI is InChI=1S/C12H13ClO3/c1-7-2-3-8(10(13)11(7)16)12(4-5-12)6-9(14)15/h2-3,16H,4-6H2,1H3,(H,14,15). The summed E-state index contributed by atoms with van der Waals surface area (Å²) in [4.78, 5) is 10.8. The Morgan fingerprint density at radius 3 is 2.62 bits per heavy atom. The van der Waals surface area contributed by atoms with Gasteiger partial charge in [-0.05, 0) is 30.9 Å². The van der Waals surface area contributed by atoms with E-state index in [0.717, 1.165) is 18.4 Å². The van der Waals surface area contributed by atoms with Crippen LogP contribution in [0.25, 0.3) is 0 Å². The number of aryl methyl sites for hydroxylation is 1. The number of carbonyl (C=O) groups is 1. The molecule has 1 aliphatic carbocycles. The van der Waals surface area contributed by atoms with Crippen molar-refractivity contribution in [3.8, 4) is 5.75 Å². The van der Waals surface area contributed by atoms with Crippen molar-refractivity contribution >= 4 is 17.6 Å². The van der Waals surface area contributed by atoms with Gasteiger partial charge in [-0.25, -0.2) is 0 Å². The van der Waals surface area contributed by atoms with Crippen molar-refractivity contribution in [1.29, 1.82) is 0 Å². The van der Waals surface area contributed by atoms with Gasteiger partial charge in [-0.15, -0.1) is 0 Å². The van der Waals surface area contributed by atoms with Gasteiger partial charge in [0.2, 0.25) is 0 Å². The van der Waals surface area contributed by atoms with E-state index in [1.807, 2.05) is 6.07 Å². The molecule has 0 heterocycles. The molecule has 1 saturated carbocycles. The second-order valence-corrected chi connectivity index (χ2v) is 4.82. The Morgan fingerprint density at radius 2 is 2.12 bits per heavy atom. The van der Waals surface area contributed by atoms with Crippen molar-refractivity contribution in [3.63, 3.8) is 0 Å². The Bertz CT molecular complexity index is 450. The SMILES string of the molecule is Cc1ccc(C2(CC(=O)O)CC2)c(Cl)c1O. The van der Waals surface area contributed by atoms with Crippen molar-refractivity contribution in [3.05, 3.63) is 28.3 Å². The second-order valence-electron chi connectivity index (χ2n) is 4.44. The van der Waals surface area contributed by atoms with Crippen LogP contribution in [0.2, 0.25) is 5.02 Å².